The smallest absolute Gasteiger partial charge is 0.228 e. The summed E-state index contributed by atoms with van der Waals surface area (Å²) in [5.41, 5.74) is 5.20. The van der Waals surface area contributed by atoms with Crippen LogP contribution in [0.3, 0.4) is 0 Å². The van der Waals surface area contributed by atoms with E-state index in [1.54, 1.807) is 7.11 Å². The van der Waals surface area contributed by atoms with Crippen molar-refractivity contribution in [2.75, 3.05) is 26.7 Å². The summed E-state index contributed by atoms with van der Waals surface area (Å²) < 4.78 is 5.76. The Morgan fingerprint density at radius 3 is 2.76 bits per heavy atom. The molecule has 4 aliphatic rings. The van der Waals surface area contributed by atoms with Crippen LogP contribution in [0.25, 0.3) is 0 Å². The molecule has 1 aromatic carbocycles. The van der Waals surface area contributed by atoms with Gasteiger partial charge in [0, 0.05) is 56.1 Å². The third kappa shape index (κ3) is 4.47. The minimum atomic E-state index is -0.0779. The number of nitrogens with one attached hydrogen (secondary N) is 2. The Morgan fingerprint density at radius 2 is 1.92 bits per heavy atom. The Labute approximate surface area is 222 Å². The van der Waals surface area contributed by atoms with Gasteiger partial charge in [-0.05, 0) is 68.1 Å². The number of aromatic nitrogens is 1. The summed E-state index contributed by atoms with van der Waals surface area (Å²) in [6.45, 7) is 4.72. The average Bonchev–Trinajstić information content (AvgIpc) is 3.36. The standard InChI is InChI=1S/C32H43N3O2/c1-22-14-15-26-28(34-22)12-8-17-32(26)21-33-20-27(32)31(36)35-18-16-24(25-11-6-7-13-30(25)37-2)19-29(35)23-9-4-3-5-10-23/h6-7,11,13-15,23-24,27,29,33H,3-5,8-10,12,16-21H2,1-2H3/p+1/t24-,27+,29+,32+/m1/s1. The number of carbonyl (C=O) groups excluding carboxylic acids is 1. The van der Waals surface area contributed by atoms with E-state index >= 15 is 0 Å². The second-order valence-electron chi connectivity index (χ2n) is 12.2. The van der Waals surface area contributed by atoms with Crippen molar-refractivity contribution >= 4 is 5.91 Å². The second kappa shape index (κ2) is 10.4. The molecule has 0 unspecified atom stereocenters. The largest absolute Gasteiger partial charge is 0.496 e. The molecule has 198 valence electrons. The zero-order valence-electron chi connectivity index (χ0n) is 22.7. The number of H-pyrrole nitrogens is 1. The van der Waals surface area contributed by atoms with Crippen LogP contribution >= 0.6 is 0 Å². The van der Waals surface area contributed by atoms with E-state index in [1.165, 1.54) is 54.6 Å². The van der Waals surface area contributed by atoms with Crippen molar-refractivity contribution in [3.63, 3.8) is 0 Å². The third-order valence-corrected chi connectivity index (χ3v) is 10.2. The number of hydrogen-bond donors (Lipinski definition) is 1. The number of methoxy groups -OCH3 is 1. The van der Waals surface area contributed by atoms with Gasteiger partial charge in [-0.25, -0.2) is 4.98 Å². The van der Waals surface area contributed by atoms with Crippen LogP contribution in [0.5, 0.6) is 5.75 Å². The van der Waals surface area contributed by atoms with Gasteiger partial charge in [0.2, 0.25) is 5.91 Å². The van der Waals surface area contributed by atoms with E-state index in [0.29, 0.717) is 23.8 Å². The number of ether oxygens (including phenoxy) is 1. The molecule has 37 heavy (non-hydrogen) atoms. The number of carbonyl (C=O) groups is 1. The highest BCUT2D eigenvalue weighted by molar-refractivity contribution is 5.82. The SMILES string of the molecule is COc1ccccc1[C@@H]1CCN(C(=O)[C@@H]2CNC[C@]23CCCc2[nH+]c(C)ccc23)[C@H](C2CCCCC2)C1. The van der Waals surface area contributed by atoms with E-state index < -0.39 is 0 Å². The number of para-hydroxylation sites is 1. The summed E-state index contributed by atoms with van der Waals surface area (Å²) in [4.78, 5) is 20.6. The number of likely N-dealkylation sites (tertiary alicyclic amines) is 1. The van der Waals surface area contributed by atoms with Crippen molar-refractivity contribution in [1.82, 2.24) is 10.2 Å². The minimum Gasteiger partial charge on any atom is -0.496 e. The lowest BCUT2D eigenvalue weighted by molar-refractivity contribution is -0.401. The fourth-order valence-electron chi connectivity index (χ4n) is 8.39. The van der Waals surface area contributed by atoms with E-state index in [9.17, 15) is 4.79 Å². The van der Waals surface area contributed by atoms with Crippen molar-refractivity contribution in [3.05, 3.63) is 58.9 Å². The van der Waals surface area contributed by atoms with Crippen molar-refractivity contribution in [2.24, 2.45) is 11.8 Å². The van der Waals surface area contributed by atoms with Gasteiger partial charge in [-0.3, -0.25) is 4.79 Å². The summed E-state index contributed by atoms with van der Waals surface area (Å²) in [5.74, 6) is 2.51. The number of pyridine rings is 1. The maximum absolute atomic E-state index is 14.6. The van der Waals surface area contributed by atoms with Crippen molar-refractivity contribution < 1.29 is 14.5 Å². The van der Waals surface area contributed by atoms with Crippen molar-refractivity contribution in [3.8, 4) is 5.75 Å². The number of aryl methyl sites for hydroxylation is 2. The highest BCUT2D eigenvalue weighted by Crippen LogP contribution is 2.47. The van der Waals surface area contributed by atoms with Gasteiger partial charge in [0.15, 0.2) is 11.4 Å². The molecule has 5 nitrogen and oxygen atoms in total. The molecular weight excluding hydrogens is 458 g/mol. The first-order valence-corrected chi connectivity index (χ1v) is 14.8. The third-order valence-electron chi connectivity index (χ3n) is 10.2. The van der Waals surface area contributed by atoms with Gasteiger partial charge < -0.3 is 15.0 Å². The fourth-order valence-corrected chi connectivity index (χ4v) is 8.39. The van der Waals surface area contributed by atoms with Gasteiger partial charge in [-0.1, -0.05) is 37.5 Å². The van der Waals surface area contributed by atoms with Crippen molar-refractivity contribution in [2.45, 2.75) is 88.5 Å². The number of rotatable bonds is 4. The Balaban J connectivity index is 1.31. The van der Waals surface area contributed by atoms with Gasteiger partial charge >= 0.3 is 0 Å². The molecule has 1 spiro atoms. The quantitative estimate of drug-likeness (QED) is 0.643. The lowest BCUT2D eigenvalue weighted by atomic mass is 9.64. The molecular formula is C32H44N3O2+. The molecule has 2 saturated heterocycles. The van der Waals surface area contributed by atoms with Crippen LogP contribution in [0, 0.1) is 18.8 Å². The van der Waals surface area contributed by atoms with Crippen LogP contribution in [-0.4, -0.2) is 43.6 Å². The maximum Gasteiger partial charge on any atom is 0.228 e. The predicted octanol–water partition coefficient (Wildman–Crippen LogP) is 4.97. The summed E-state index contributed by atoms with van der Waals surface area (Å²) in [5, 5.41) is 3.67. The Kier molecular flexibility index (Phi) is 7.00. The van der Waals surface area contributed by atoms with Gasteiger partial charge in [-0.15, -0.1) is 0 Å². The van der Waals surface area contributed by atoms with Gasteiger partial charge in [0.05, 0.1) is 13.0 Å². The number of nitrogens with zero attached hydrogens (tertiary/aromatic N) is 1. The molecule has 5 heteroatoms. The molecule has 1 amide bonds. The van der Waals surface area contributed by atoms with E-state index in [2.05, 4.69) is 58.5 Å². The monoisotopic (exact) mass is 502 g/mol. The molecule has 1 aromatic heterocycles. The summed E-state index contributed by atoms with van der Waals surface area (Å²) in [7, 11) is 1.78. The van der Waals surface area contributed by atoms with Crippen LogP contribution in [0.1, 0.15) is 86.2 Å². The number of benzene rings is 1. The van der Waals surface area contributed by atoms with Gasteiger partial charge in [-0.2, -0.15) is 0 Å². The molecule has 0 radical (unpaired) electrons. The molecule has 6 rings (SSSR count). The first-order chi connectivity index (χ1) is 18.1. The molecule has 2 aliphatic carbocycles. The number of fused-ring (bicyclic) bond motifs is 2. The highest BCUT2D eigenvalue weighted by atomic mass is 16.5. The lowest BCUT2D eigenvalue weighted by Crippen LogP contribution is -2.55. The van der Waals surface area contributed by atoms with Gasteiger partial charge in [0.25, 0.3) is 0 Å². The fraction of sp³-hybridized carbons (Fsp3) is 0.625. The molecule has 2 aromatic rings. The van der Waals surface area contributed by atoms with Crippen molar-refractivity contribution in [1.29, 1.82) is 0 Å². The van der Waals surface area contributed by atoms with Crippen LogP contribution in [0.2, 0.25) is 0 Å². The zero-order chi connectivity index (χ0) is 25.4. The molecule has 0 bridgehead atoms. The maximum atomic E-state index is 14.6. The number of piperidine rings is 1. The zero-order valence-corrected chi connectivity index (χ0v) is 22.7. The van der Waals surface area contributed by atoms with Crippen LogP contribution < -0.4 is 15.0 Å². The van der Waals surface area contributed by atoms with Crippen LogP contribution in [0.15, 0.2) is 36.4 Å². The number of aromatic amines is 1. The second-order valence-corrected chi connectivity index (χ2v) is 12.2. The predicted molar refractivity (Wildman–Crippen MR) is 146 cm³/mol. The van der Waals surface area contributed by atoms with E-state index in [1.807, 2.05) is 0 Å². The normalized spacial score (nSPS) is 30.3. The van der Waals surface area contributed by atoms with Crippen LogP contribution in [0.4, 0.5) is 0 Å². The summed E-state index contributed by atoms with van der Waals surface area (Å²) >= 11 is 0. The molecule has 3 heterocycles. The Morgan fingerprint density at radius 1 is 1.08 bits per heavy atom. The first kappa shape index (κ1) is 24.9. The first-order valence-electron chi connectivity index (χ1n) is 14.8. The van der Waals surface area contributed by atoms with Crippen LogP contribution in [-0.2, 0) is 16.6 Å². The number of hydrogen-bond acceptors (Lipinski definition) is 3. The number of amides is 1. The van der Waals surface area contributed by atoms with E-state index in [4.69, 9.17) is 4.74 Å². The minimum absolute atomic E-state index is 0.0246. The van der Waals surface area contributed by atoms with Gasteiger partial charge in [0.1, 0.15) is 5.75 Å². The average molecular weight is 503 g/mol. The van der Waals surface area contributed by atoms with E-state index in [-0.39, 0.29) is 11.3 Å². The van der Waals surface area contributed by atoms with E-state index in [0.717, 1.165) is 57.5 Å². The molecule has 3 fully saturated rings. The topological polar surface area (TPSA) is 55.7 Å². The Bertz CT molecular complexity index is 1130. The molecule has 2 N–H and O–H groups in total. The summed E-state index contributed by atoms with van der Waals surface area (Å²) in [6, 6.07) is 13.4. The Hall–Kier alpha value is -2.40. The molecule has 4 atom stereocenters. The molecule has 1 saturated carbocycles. The lowest BCUT2D eigenvalue weighted by Gasteiger charge is -2.47. The highest BCUT2D eigenvalue weighted by Gasteiger charge is 2.53. The molecule has 2 aliphatic heterocycles. The summed E-state index contributed by atoms with van der Waals surface area (Å²) in [6.07, 6.45) is 11.9.